The molecular formula is C27H24ClN3O3S2. The van der Waals surface area contributed by atoms with Gasteiger partial charge in [0.2, 0.25) is 10.0 Å². The van der Waals surface area contributed by atoms with Crippen molar-refractivity contribution in [1.82, 2.24) is 9.29 Å². The van der Waals surface area contributed by atoms with Gasteiger partial charge in [0.1, 0.15) is 0 Å². The van der Waals surface area contributed by atoms with Crippen LogP contribution >= 0.6 is 22.9 Å². The van der Waals surface area contributed by atoms with E-state index in [0.29, 0.717) is 22.3 Å². The molecular weight excluding hydrogens is 514 g/mol. The molecule has 9 heteroatoms. The van der Waals surface area contributed by atoms with Gasteiger partial charge in [-0.1, -0.05) is 65.4 Å². The molecule has 0 saturated carbocycles. The van der Waals surface area contributed by atoms with Gasteiger partial charge in [-0.05, 0) is 48.0 Å². The highest BCUT2D eigenvalue weighted by Crippen LogP contribution is 2.32. The summed E-state index contributed by atoms with van der Waals surface area (Å²) in [6.07, 6.45) is 3.04. The van der Waals surface area contributed by atoms with Crippen molar-refractivity contribution in [1.29, 1.82) is 0 Å². The van der Waals surface area contributed by atoms with E-state index in [4.69, 9.17) is 11.6 Å². The van der Waals surface area contributed by atoms with Gasteiger partial charge in [-0.3, -0.25) is 9.69 Å². The Bertz CT molecular complexity index is 1490. The maximum absolute atomic E-state index is 13.7. The number of carbonyl (C=O) groups excluding carboxylic acids is 1. The quantitative estimate of drug-likeness (QED) is 0.227. The molecule has 0 unspecified atom stereocenters. The number of thiazole rings is 1. The molecule has 0 aliphatic rings. The predicted octanol–water partition coefficient (Wildman–Crippen LogP) is 6.16. The fraction of sp³-hybridized carbons (Fsp3) is 0.111. The van der Waals surface area contributed by atoms with Gasteiger partial charge in [-0.15, -0.1) is 13.2 Å². The molecule has 0 aliphatic heterocycles. The fourth-order valence-corrected chi connectivity index (χ4v) is 6.25. The van der Waals surface area contributed by atoms with Crippen molar-refractivity contribution in [3.05, 3.63) is 114 Å². The highest BCUT2D eigenvalue weighted by molar-refractivity contribution is 7.89. The van der Waals surface area contributed by atoms with Crippen LogP contribution in [0.15, 0.2) is 103 Å². The Labute approximate surface area is 219 Å². The number of aromatic nitrogens is 1. The molecule has 0 bridgehead atoms. The van der Waals surface area contributed by atoms with Crippen molar-refractivity contribution in [2.75, 3.05) is 18.0 Å². The molecule has 1 aromatic heterocycles. The molecule has 4 aromatic rings. The van der Waals surface area contributed by atoms with Gasteiger partial charge in [0.25, 0.3) is 5.91 Å². The number of carbonyl (C=O) groups is 1. The lowest BCUT2D eigenvalue weighted by molar-refractivity contribution is 0.0985. The van der Waals surface area contributed by atoms with Gasteiger partial charge in [-0.25, -0.2) is 13.4 Å². The molecule has 0 aliphatic carbocycles. The lowest BCUT2D eigenvalue weighted by Crippen LogP contribution is -2.32. The van der Waals surface area contributed by atoms with E-state index in [-0.39, 0.29) is 23.9 Å². The first-order valence-electron chi connectivity index (χ1n) is 11.1. The Balaban J connectivity index is 1.68. The molecule has 0 atom stereocenters. The molecule has 1 heterocycles. The van der Waals surface area contributed by atoms with Crippen LogP contribution in [0, 0.1) is 0 Å². The number of nitrogens with zero attached hydrogens (tertiary/aromatic N) is 3. The van der Waals surface area contributed by atoms with Gasteiger partial charge in [-0.2, -0.15) is 4.31 Å². The van der Waals surface area contributed by atoms with Crippen molar-refractivity contribution >= 4 is 54.2 Å². The zero-order valence-electron chi connectivity index (χ0n) is 19.4. The number of hydrogen-bond donors (Lipinski definition) is 0. The van der Waals surface area contributed by atoms with Crippen LogP contribution < -0.4 is 4.90 Å². The van der Waals surface area contributed by atoms with E-state index in [1.807, 2.05) is 42.5 Å². The summed E-state index contributed by atoms with van der Waals surface area (Å²) in [4.78, 5) is 20.0. The van der Waals surface area contributed by atoms with Crippen LogP contribution in [0.1, 0.15) is 15.9 Å². The Hall–Kier alpha value is -3.30. The average Bonchev–Trinajstić information content (AvgIpc) is 3.30. The van der Waals surface area contributed by atoms with E-state index < -0.39 is 10.0 Å². The summed E-state index contributed by atoms with van der Waals surface area (Å²) < 4.78 is 28.2. The normalized spacial score (nSPS) is 11.5. The fourth-order valence-electron chi connectivity index (χ4n) is 3.63. The van der Waals surface area contributed by atoms with Crippen LogP contribution in [0.4, 0.5) is 5.13 Å². The van der Waals surface area contributed by atoms with Gasteiger partial charge < -0.3 is 0 Å². The minimum absolute atomic E-state index is 0.0898. The van der Waals surface area contributed by atoms with Crippen LogP contribution in [0.3, 0.4) is 0 Å². The number of anilines is 1. The zero-order valence-corrected chi connectivity index (χ0v) is 21.8. The number of benzene rings is 3. The van der Waals surface area contributed by atoms with Crippen molar-refractivity contribution < 1.29 is 13.2 Å². The summed E-state index contributed by atoms with van der Waals surface area (Å²) >= 11 is 7.52. The van der Waals surface area contributed by atoms with E-state index >= 15 is 0 Å². The number of sulfonamides is 1. The number of halogens is 1. The molecule has 0 fully saturated rings. The van der Waals surface area contributed by atoms with E-state index in [9.17, 15) is 13.2 Å². The third kappa shape index (κ3) is 5.57. The first kappa shape index (κ1) is 25.8. The Morgan fingerprint density at radius 2 is 1.64 bits per heavy atom. The smallest absolute Gasteiger partial charge is 0.260 e. The lowest BCUT2D eigenvalue weighted by Gasteiger charge is -2.21. The molecule has 4 rings (SSSR count). The van der Waals surface area contributed by atoms with Crippen molar-refractivity contribution in [2.45, 2.75) is 11.4 Å². The van der Waals surface area contributed by atoms with Gasteiger partial charge in [0, 0.05) is 23.7 Å². The summed E-state index contributed by atoms with van der Waals surface area (Å²) in [5.41, 5.74) is 2.03. The van der Waals surface area contributed by atoms with Gasteiger partial charge in [0.15, 0.2) is 5.13 Å². The highest BCUT2D eigenvalue weighted by Gasteiger charge is 2.25. The summed E-state index contributed by atoms with van der Waals surface area (Å²) in [6.45, 7) is 7.87. The zero-order chi connectivity index (χ0) is 25.7. The van der Waals surface area contributed by atoms with Crippen LogP contribution in [-0.4, -0.2) is 36.7 Å². The van der Waals surface area contributed by atoms with Crippen molar-refractivity contribution in [2.24, 2.45) is 0 Å². The van der Waals surface area contributed by atoms with Gasteiger partial charge >= 0.3 is 0 Å². The van der Waals surface area contributed by atoms with E-state index in [2.05, 4.69) is 18.1 Å². The topological polar surface area (TPSA) is 70.6 Å². The first-order chi connectivity index (χ1) is 17.3. The second-order valence-electron chi connectivity index (χ2n) is 7.91. The molecule has 36 heavy (non-hydrogen) atoms. The molecule has 184 valence electrons. The Morgan fingerprint density at radius 1 is 0.972 bits per heavy atom. The van der Waals surface area contributed by atoms with Crippen LogP contribution in [0.5, 0.6) is 0 Å². The Kier molecular flexibility index (Phi) is 8.01. The second kappa shape index (κ2) is 11.2. The SMILES string of the molecule is C=CCN(CC=C)S(=O)(=O)c1ccc(C(=O)N(Cc2ccccc2)c2nc3ccc(Cl)cc3s2)cc1. The maximum atomic E-state index is 13.7. The summed E-state index contributed by atoms with van der Waals surface area (Å²) in [6, 6.07) is 21.0. The second-order valence-corrected chi connectivity index (χ2v) is 11.3. The molecule has 0 saturated heterocycles. The number of hydrogen-bond acceptors (Lipinski definition) is 5. The minimum atomic E-state index is -3.77. The summed E-state index contributed by atoms with van der Waals surface area (Å²) in [5, 5.41) is 1.12. The van der Waals surface area contributed by atoms with Gasteiger partial charge in [0.05, 0.1) is 21.7 Å². The molecule has 0 radical (unpaired) electrons. The van der Waals surface area contributed by atoms with E-state index in [1.54, 1.807) is 11.0 Å². The molecule has 6 nitrogen and oxygen atoms in total. The molecule has 1 amide bonds. The monoisotopic (exact) mass is 537 g/mol. The standard InChI is InChI=1S/C27H24ClN3O3S2/c1-3-16-30(17-4-2)36(33,34)23-13-10-21(11-14-23)26(32)31(19-20-8-6-5-7-9-20)27-29-24-15-12-22(28)18-25(24)35-27/h3-15,18H,1-2,16-17,19H2. The third-order valence-electron chi connectivity index (χ3n) is 5.40. The lowest BCUT2D eigenvalue weighted by atomic mass is 10.1. The summed E-state index contributed by atoms with van der Waals surface area (Å²) in [7, 11) is -3.77. The maximum Gasteiger partial charge on any atom is 0.260 e. The highest BCUT2D eigenvalue weighted by atomic mass is 35.5. The average molecular weight is 538 g/mol. The van der Waals surface area contributed by atoms with Crippen LogP contribution in [-0.2, 0) is 16.6 Å². The summed E-state index contributed by atoms with van der Waals surface area (Å²) in [5.74, 6) is -0.290. The number of amides is 1. The minimum Gasteiger partial charge on any atom is -0.279 e. The third-order valence-corrected chi connectivity index (χ3v) is 8.53. The largest absolute Gasteiger partial charge is 0.279 e. The Morgan fingerprint density at radius 3 is 2.28 bits per heavy atom. The van der Waals surface area contributed by atoms with Crippen molar-refractivity contribution in [3.8, 4) is 0 Å². The van der Waals surface area contributed by atoms with Crippen LogP contribution in [0.25, 0.3) is 10.2 Å². The molecule has 0 spiro atoms. The number of rotatable bonds is 10. The van der Waals surface area contributed by atoms with Crippen LogP contribution in [0.2, 0.25) is 5.02 Å². The van der Waals surface area contributed by atoms with E-state index in [1.165, 1.54) is 52.1 Å². The van der Waals surface area contributed by atoms with E-state index in [0.717, 1.165) is 15.8 Å². The molecule has 3 aromatic carbocycles. The predicted molar refractivity (Wildman–Crippen MR) is 147 cm³/mol. The molecule has 0 N–H and O–H groups in total. The number of fused-ring (bicyclic) bond motifs is 1. The van der Waals surface area contributed by atoms with Crippen molar-refractivity contribution in [3.63, 3.8) is 0 Å². The first-order valence-corrected chi connectivity index (χ1v) is 13.7.